The molecule has 7 nitrogen and oxygen atoms in total. The van der Waals surface area contributed by atoms with Crippen molar-refractivity contribution >= 4 is 11.9 Å². The number of rotatable bonds is 5. The minimum absolute atomic E-state index is 0.0616. The van der Waals surface area contributed by atoms with Crippen LogP contribution in [0.3, 0.4) is 0 Å². The predicted molar refractivity (Wildman–Crippen MR) is 70.7 cm³/mol. The molecule has 1 aromatic rings. The second-order valence-electron chi connectivity index (χ2n) is 5.65. The van der Waals surface area contributed by atoms with Crippen molar-refractivity contribution in [2.75, 3.05) is 6.54 Å². The Morgan fingerprint density at radius 3 is 2.70 bits per heavy atom. The van der Waals surface area contributed by atoms with Gasteiger partial charge in [-0.15, -0.1) is 5.10 Å². The minimum atomic E-state index is -0.815. The van der Waals surface area contributed by atoms with Crippen molar-refractivity contribution < 1.29 is 14.7 Å². The summed E-state index contributed by atoms with van der Waals surface area (Å²) in [5, 5.41) is 19.5. The first-order valence-electron chi connectivity index (χ1n) is 6.86. The van der Waals surface area contributed by atoms with Crippen molar-refractivity contribution in [1.29, 1.82) is 0 Å². The van der Waals surface area contributed by atoms with Crippen molar-refractivity contribution in [2.45, 2.75) is 39.2 Å². The molecule has 1 fully saturated rings. The summed E-state index contributed by atoms with van der Waals surface area (Å²) in [7, 11) is 0. The number of nitrogens with zero attached hydrogens (tertiary/aromatic N) is 3. The molecule has 0 bridgehead atoms. The van der Waals surface area contributed by atoms with E-state index in [4.69, 9.17) is 0 Å². The number of carboxylic acid groups (broad SMARTS) is 1. The third-order valence-electron chi connectivity index (χ3n) is 4.09. The van der Waals surface area contributed by atoms with Gasteiger partial charge in [0.15, 0.2) is 0 Å². The molecule has 1 saturated carbocycles. The van der Waals surface area contributed by atoms with E-state index in [1.165, 1.54) is 10.9 Å². The number of amides is 1. The van der Waals surface area contributed by atoms with Crippen LogP contribution in [0.25, 0.3) is 0 Å². The highest BCUT2D eigenvalue weighted by molar-refractivity contribution is 5.79. The van der Waals surface area contributed by atoms with E-state index < -0.39 is 11.4 Å². The Balaban J connectivity index is 1.89. The van der Waals surface area contributed by atoms with E-state index in [1.54, 1.807) is 6.20 Å². The molecule has 1 amide bonds. The Kier molecular flexibility index (Phi) is 4.36. The number of aromatic nitrogens is 3. The van der Waals surface area contributed by atoms with E-state index >= 15 is 0 Å². The molecule has 7 heteroatoms. The van der Waals surface area contributed by atoms with Gasteiger partial charge in [0.05, 0.1) is 11.6 Å². The zero-order valence-corrected chi connectivity index (χ0v) is 11.6. The van der Waals surface area contributed by atoms with Gasteiger partial charge in [0.25, 0.3) is 0 Å². The molecule has 0 atom stereocenters. The van der Waals surface area contributed by atoms with Gasteiger partial charge >= 0.3 is 5.97 Å². The van der Waals surface area contributed by atoms with Gasteiger partial charge < -0.3 is 10.4 Å². The van der Waals surface area contributed by atoms with Crippen LogP contribution in [-0.4, -0.2) is 38.5 Å². The smallest absolute Gasteiger partial charge is 0.311 e. The number of aliphatic carboxylic acids is 1. The van der Waals surface area contributed by atoms with Gasteiger partial charge in [-0.2, -0.15) is 0 Å². The first kappa shape index (κ1) is 14.5. The van der Waals surface area contributed by atoms with Crippen LogP contribution in [-0.2, 0) is 16.1 Å². The fourth-order valence-electron chi connectivity index (χ4n) is 2.57. The molecular formula is C13H20N4O3. The molecule has 1 aliphatic rings. The van der Waals surface area contributed by atoms with Crippen LogP contribution in [0.5, 0.6) is 0 Å². The lowest BCUT2D eigenvalue weighted by molar-refractivity contribution is -0.151. The molecule has 2 rings (SSSR count). The third kappa shape index (κ3) is 3.34. The van der Waals surface area contributed by atoms with E-state index in [9.17, 15) is 14.7 Å². The normalized spacial score (nSPS) is 26.1. The van der Waals surface area contributed by atoms with Gasteiger partial charge in [-0.05, 0) is 31.6 Å². The quantitative estimate of drug-likeness (QED) is 0.826. The molecule has 110 valence electrons. The summed E-state index contributed by atoms with van der Waals surface area (Å²) >= 11 is 0. The largest absolute Gasteiger partial charge is 0.481 e. The minimum Gasteiger partial charge on any atom is -0.481 e. The SMILES string of the molecule is CC1CCC(CNC(=O)Cn2ccnn2)(C(=O)O)CC1. The van der Waals surface area contributed by atoms with Crippen LogP contribution >= 0.6 is 0 Å². The molecule has 0 saturated heterocycles. The van der Waals surface area contributed by atoms with E-state index in [0.717, 1.165) is 12.8 Å². The van der Waals surface area contributed by atoms with Crippen LogP contribution in [0.15, 0.2) is 12.4 Å². The zero-order chi connectivity index (χ0) is 14.6. The first-order chi connectivity index (χ1) is 9.52. The fourth-order valence-corrected chi connectivity index (χ4v) is 2.57. The molecule has 1 heterocycles. The van der Waals surface area contributed by atoms with Crippen molar-refractivity contribution in [1.82, 2.24) is 20.3 Å². The molecular weight excluding hydrogens is 260 g/mol. The van der Waals surface area contributed by atoms with Crippen molar-refractivity contribution in [3.05, 3.63) is 12.4 Å². The maximum Gasteiger partial charge on any atom is 0.311 e. The maximum absolute atomic E-state index is 11.8. The van der Waals surface area contributed by atoms with Crippen molar-refractivity contribution in [3.8, 4) is 0 Å². The lowest BCUT2D eigenvalue weighted by atomic mass is 9.71. The van der Waals surface area contributed by atoms with Gasteiger partial charge in [-0.1, -0.05) is 12.1 Å². The molecule has 0 aromatic carbocycles. The molecule has 1 aromatic heterocycles. The van der Waals surface area contributed by atoms with Crippen LogP contribution in [0.1, 0.15) is 32.6 Å². The van der Waals surface area contributed by atoms with Gasteiger partial charge in [-0.3, -0.25) is 9.59 Å². The molecule has 0 aliphatic heterocycles. The van der Waals surface area contributed by atoms with Gasteiger partial charge in [0.1, 0.15) is 6.54 Å². The van der Waals surface area contributed by atoms with Gasteiger partial charge in [-0.25, -0.2) is 4.68 Å². The summed E-state index contributed by atoms with van der Waals surface area (Å²) in [5.41, 5.74) is -0.815. The summed E-state index contributed by atoms with van der Waals surface area (Å²) in [6.45, 7) is 2.38. The molecule has 0 radical (unpaired) electrons. The van der Waals surface area contributed by atoms with E-state index in [1.807, 2.05) is 0 Å². The van der Waals surface area contributed by atoms with Crippen molar-refractivity contribution in [2.24, 2.45) is 11.3 Å². The molecule has 20 heavy (non-hydrogen) atoms. The highest BCUT2D eigenvalue weighted by atomic mass is 16.4. The first-order valence-corrected chi connectivity index (χ1v) is 6.86. The molecule has 2 N–H and O–H groups in total. The Morgan fingerprint density at radius 2 is 2.15 bits per heavy atom. The summed E-state index contributed by atoms with van der Waals surface area (Å²) in [6, 6.07) is 0. The lowest BCUT2D eigenvalue weighted by Crippen LogP contribution is -2.45. The van der Waals surface area contributed by atoms with Crippen LogP contribution in [0.2, 0.25) is 0 Å². The van der Waals surface area contributed by atoms with Gasteiger partial charge in [0, 0.05) is 12.7 Å². The highest BCUT2D eigenvalue weighted by Gasteiger charge is 2.41. The van der Waals surface area contributed by atoms with E-state index in [2.05, 4.69) is 22.6 Å². The lowest BCUT2D eigenvalue weighted by Gasteiger charge is -2.35. The predicted octanol–water partition coefficient (Wildman–Crippen LogP) is 0.675. The number of carboxylic acids is 1. The van der Waals surface area contributed by atoms with E-state index in [-0.39, 0.29) is 19.0 Å². The topological polar surface area (TPSA) is 97.1 Å². The van der Waals surface area contributed by atoms with Gasteiger partial charge in [0.2, 0.25) is 5.91 Å². The average Bonchev–Trinajstić information content (AvgIpc) is 2.91. The Morgan fingerprint density at radius 1 is 1.45 bits per heavy atom. The van der Waals surface area contributed by atoms with Crippen LogP contribution in [0, 0.1) is 11.3 Å². The van der Waals surface area contributed by atoms with E-state index in [0.29, 0.717) is 18.8 Å². The number of nitrogens with one attached hydrogen (secondary N) is 1. The number of hydrogen-bond donors (Lipinski definition) is 2. The van der Waals surface area contributed by atoms with Crippen LogP contribution < -0.4 is 5.32 Å². The van der Waals surface area contributed by atoms with Crippen LogP contribution in [0.4, 0.5) is 0 Å². The standard InChI is InChI=1S/C13H20N4O3/c1-10-2-4-13(5-3-10,12(19)20)9-14-11(18)8-17-7-6-15-16-17/h6-7,10H,2-5,8-9H2,1H3,(H,14,18)(H,19,20). The number of carbonyl (C=O) groups is 2. The third-order valence-corrected chi connectivity index (χ3v) is 4.09. The zero-order valence-electron chi connectivity index (χ0n) is 11.6. The van der Waals surface area contributed by atoms with Crippen molar-refractivity contribution in [3.63, 3.8) is 0 Å². The number of carbonyl (C=O) groups excluding carboxylic acids is 1. The highest BCUT2D eigenvalue weighted by Crippen LogP contribution is 2.38. The second-order valence-corrected chi connectivity index (χ2v) is 5.65. The number of hydrogen-bond acceptors (Lipinski definition) is 4. The Labute approximate surface area is 117 Å². The monoisotopic (exact) mass is 280 g/mol. The second kappa shape index (κ2) is 6.02. The molecule has 1 aliphatic carbocycles. The maximum atomic E-state index is 11.8. The summed E-state index contributed by atoms with van der Waals surface area (Å²) in [5.74, 6) is -0.492. The molecule has 0 spiro atoms. The fraction of sp³-hybridized carbons (Fsp3) is 0.692. The Hall–Kier alpha value is -1.92. The average molecular weight is 280 g/mol. The molecule has 0 unspecified atom stereocenters. The summed E-state index contributed by atoms with van der Waals surface area (Å²) in [4.78, 5) is 23.3. The Bertz CT molecular complexity index is 464. The summed E-state index contributed by atoms with van der Waals surface area (Å²) < 4.78 is 1.41. The summed E-state index contributed by atoms with van der Waals surface area (Å²) in [6.07, 6.45) is 6.11.